The highest BCUT2D eigenvalue weighted by Crippen LogP contribution is 2.42. The molecule has 8 nitrogen and oxygen atoms in total. The molecule has 1 N–H and O–H groups in total. The zero-order valence-corrected chi connectivity index (χ0v) is 17.5. The molecule has 2 amide bonds. The highest BCUT2D eigenvalue weighted by Gasteiger charge is 2.48. The average molecular weight is 404 g/mol. The number of nitrogens with one attached hydrogen (secondary N) is 1. The summed E-state index contributed by atoms with van der Waals surface area (Å²) in [5.74, 6) is 0.249. The van der Waals surface area contributed by atoms with Crippen LogP contribution in [0.4, 0.5) is 0 Å². The smallest absolute Gasteiger partial charge is 0.249 e. The Labute approximate surface area is 172 Å². The first-order valence-corrected chi connectivity index (χ1v) is 11.0. The SMILES string of the molecule is COCC(=O)N1CCc2[nH]cnc2C12CCN(C(=O)CCCN1CCCC1)CC2. The van der Waals surface area contributed by atoms with Gasteiger partial charge >= 0.3 is 0 Å². The second-order valence-corrected chi connectivity index (χ2v) is 8.52. The predicted molar refractivity (Wildman–Crippen MR) is 108 cm³/mol. The highest BCUT2D eigenvalue weighted by molar-refractivity contribution is 5.79. The summed E-state index contributed by atoms with van der Waals surface area (Å²) in [6.45, 7) is 5.48. The van der Waals surface area contributed by atoms with Crippen LogP contribution in [0.5, 0.6) is 0 Å². The van der Waals surface area contributed by atoms with Crippen molar-refractivity contribution < 1.29 is 14.3 Å². The van der Waals surface area contributed by atoms with Crippen LogP contribution in [0.15, 0.2) is 6.33 Å². The molecule has 0 bridgehead atoms. The topological polar surface area (TPSA) is 81.8 Å². The van der Waals surface area contributed by atoms with Crippen LogP contribution in [-0.4, -0.2) is 89.5 Å². The van der Waals surface area contributed by atoms with E-state index in [4.69, 9.17) is 4.74 Å². The molecule has 0 radical (unpaired) electrons. The first-order chi connectivity index (χ1) is 14.1. The molecule has 3 aliphatic rings. The normalized spacial score (nSPS) is 21.6. The number of aromatic nitrogens is 2. The van der Waals surface area contributed by atoms with Gasteiger partial charge in [0.05, 0.1) is 17.6 Å². The van der Waals surface area contributed by atoms with Gasteiger partial charge in [-0.05, 0) is 51.7 Å². The third-order valence-corrected chi connectivity index (χ3v) is 6.84. The molecule has 1 aromatic heterocycles. The number of methoxy groups -OCH3 is 1. The maximum Gasteiger partial charge on any atom is 0.249 e. The number of hydrogen-bond donors (Lipinski definition) is 1. The summed E-state index contributed by atoms with van der Waals surface area (Å²) in [5, 5.41) is 0. The average Bonchev–Trinajstić information content (AvgIpc) is 3.41. The lowest BCUT2D eigenvalue weighted by Crippen LogP contribution is -2.59. The van der Waals surface area contributed by atoms with Crippen molar-refractivity contribution >= 4 is 11.8 Å². The van der Waals surface area contributed by atoms with Crippen molar-refractivity contribution in [1.29, 1.82) is 0 Å². The standard InChI is InChI=1S/C21H33N5O3/c1-29-15-19(28)26-12-6-17-20(23-16-22-17)21(26)7-13-25(14-8-21)18(27)5-4-11-24-9-2-3-10-24/h16H,2-15H2,1H3,(H,22,23). The van der Waals surface area contributed by atoms with Crippen LogP contribution >= 0.6 is 0 Å². The molecule has 29 heavy (non-hydrogen) atoms. The van der Waals surface area contributed by atoms with E-state index in [1.807, 2.05) is 9.80 Å². The number of piperidine rings is 1. The van der Waals surface area contributed by atoms with Gasteiger partial charge in [-0.3, -0.25) is 9.59 Å². The minimum Gasteiger partial charge on any atom is -0.375 e. The third kappa shape index (κ3) is 4.05. The molecule has 3 aliphatic heterocycles. The van der Waals surface area contributed by atoms with Gasteiger partial charge in [-0.1, -0.05) is 0 Å². The molecule has 0 saturated carbocycles. The van der Waals surface area contributed by atoms with E-state index >= 15 is 0 Å². The van der Waals surface area contributed by atoms with Gasteiger partial charge in [-0.25, -0.2) is 4.98 Å². The molecule has 2 fully saturated rings. The van der Waals surface area contributed by atoms with Gasteiger partial charge in [-0.2, -0.15) is 0 Å². The zero-order chi connectivity index (χ0) is 20.3. The van der Waals surface area contributed by atoms with Crippen molar-refractivity contribution in [3.05, 3.63) is 17.7 Å². The van der Waals surface area contributed by atoms with Crippen LogP contribution < -0.4 is 0 Å². The molecule has 8 heteroatoms. The van der Waals surface area contributed by atoms with Crippen LogP contribution in [0.1, 0.15) is 49.9 Å². The van der Waals surface area contributed by atoms with E-state index in [1.54, 1.807) is 13.4 Å². The Morgan fingerprint density at radius 2 is 1.90 bits per heavy atom. The third-order valence-electron chi connectivity index (χ3n) is 6.84. The van der Waals surface area contributed by atoms with Gasteiger partial charge in [0.25, 0.3) is 0 Å². The summed E-state index contributed by atoms with van der Waals surface area (Å²) >= 11 is 0. The minimum atomic E-state index is -0.421. The van der Waals surface area contributed by atoms with Gasteiger partial charge in [-0.15, -0.1) is 0 Å². The Kier molecular flexibility index (Phi) is 6.20. The van der Waals surface area contributed by atoms with Crippen LogP contribution in [-0.2, 0) is 26.3 Å². The lowest BCUT2D eigenvalue weighted by molar-refractivity contribution is -0.147. The summed E-state index contributed by atoms with van der Waals surface area (Å²) in [6.07, 6.45) is 8.10. The molecule has 2 saturated heterocycles. The number of fused-ring (bicyclic) bond motifs is 2. The largest absolute Gasteiger partial charge is 0.375 e. The molecule has 0 aromatic carbocycles. The number of imidazole rings is 1. The van der Waals surface area contributed by atoms with E-state index in [-0.39, 0.29) is 18.4 Å². The number of rotatable bonds is 6. The Morgan fingerprint density at radius 3 is 2.62 bits per heavy atom. The van der Waals surface area contributed by atoms with Gasteiger partial charge in [0.2, 0.25) is 11.8 Å². The maximum atomic E-state index is 12.8. The first-order valence-electron chi connectivity index (χ1n) is 11.0. The molecule has 160 valence electrons. The Balaban J connectivity index is 1.39. The predicted octanol–water partition coefficient (Wildman–Crippen LogP) is 1.13. The van der Waals surface area contributed by atoms with Crippen LogP contribution in [0, 0.1) is 0 Å². The second kappa shape index (κ2) is 8.83. The summed E-state index contributed by atoms with van der Waals surface area (Å²) in [5.41, 5.74) is 1.68. The molecule has 1 aromatic rings. The molecule has 0 aliphatic carbocycles. The molecule has 0 unspecified atom stereocenters. The number of ether oxygens (including phenoxy) is 1. The van der Waals surface area contributed by atoms with Crippen molar-refractivity contribution in [2.24, 2.45) is 0 Å². The summed E-state index contributed by atoms with van der Waals surface area (Å²) in [6, 6.07) is 0. The Morgan fingerprint density at radius 1 is 1.14 bits per heavy atom. The van der Waals surface area contributed by atoms with Crippen molar-refractivity contribution in [2.75, 3.05) is 53.0 Å². The second-order valence-electron chi connectivity index (χ2n) is 8.52. The number of likely N-dealkylation sites (tertiary alicyclic amines) is 2. The monoisotopic (exact) mass is 403 g/mol. The van der Waals surface area contributed by atoms with Gasteiger partial charge in [0, 0.05) is 45.3 Å². The van der Waals surface area contributed by atoms with Crippen LogP contribution in [0.25, 0.3) is 0 Å². The summed E-state index contributed by atoms with van der Waals surface area (Å²) in [7, 11) is 1.55. The van der Waals surface area contributed by atoms with Crippen molar-refractivity contribution in [2.45, 2.75) is 50.5 Å². The van der Waals surface area contributed by atoms with Crippen LogP contribution in [0.2, 0.25) is 0 Å². The van der Waals surface area contributed by atoms with Crippen molar-refractivity contribution in [3.63, 3.8) is 0 Å². The quantitative estimate of drug-likeness (QED) is 0.770. The van der Waals surface area contributed by atoms with E-state index in [1.165, 1.54) is 25.9 Å². The summed E-state index contributed by atoms with van der Waals surface area (Å²) < 4.78 is 5.12. The number of nitrogens with zero attached hydrogens (tertiary/aromatic N) is 4. The van der Waals surface area contributed by atoms with E-state index in [9.17, 15) is 9.59 Å². The lowest BCUT2D eigenvalue weighted by Gasteiger charge is -2.50. The van der Waals surface area contributed by atoms with E-state index in [2.05, 4.69) is 14.9 Å². The fourth-order valence-corrected chi connectivity index (χ4v) is 5.29. The highest BCUT2D eigenvalue weighted by atomic mass is 16.5. The van der Waals surface area contributed by atoms with E-state index in [0.29, 0.717) is 26.1 Å². The summed E-state index contributed by atoms with van der Waals surface area (Å²) in [4.78, 5) is 39.7. The van der Waals surface area contributed by atoms with Gasteiger partial charge in [0.15, 0.2) is 0 Å². The van der Waals surface area contributed by atoms with E-state index < -0.39 is 5.54 Å². The Bertz CT molecular complexity index is 720. The number of amides is 2. The fraction of sp³-hybridized carbons (Fsp3) is 0.762. The molecule has 0 atom stereocenters. The molecule has 4 heterocycles. The molecular formula is C21H33N5O3. The van der Waals surface area contributed by atoms with Crippen LogP contribution in [0.3, 0.4) is 0 Å². The van der Waals surface area contributed by atoms with Gasteiger partial charge < -0.3 is 24.4 Å². The maximum absolute atomic E-state index is 12.8. The molecule has 4 rings (SSSR count). The number of hydrogen-bond acceptors (Lipinski definition) is 5. The molecular weight excluding hydrogens is 370 g/mol. The molecule has 1 spiro atoms. The number of aromatic amines is 1. The number of carbonyl (C=O) groups excluding carboxylic acids is 2. The van der Waals surface area contributed by atoms with Crippen molar-refractivity contribution in [1.82, 2.24) is 24.7 Å². The fourth-order valence-electron chi connectivity index (χ4n) is 5.29. The van der Waals surface area contributed by atoms with Gasteiger partial charge in [0.1, 0.15) is 6.61 Å². The van der Waals surface area contributed by atoms with E-state index in [0.717, 1.165) is 43.6 Å². The lowest BCUT2D eigenvalue weighted by atomic mass is 9.78. The number of carbonyl (C=O) groups is 2. The zero-order valence-electron chi connectivity index (χ0n) is 17.5. The van der Waals surface area contributed by atoms with Crippen molar-refractivity contribution in [3.8, 4) is 0 Å². The number of H-pyrrole nitrogens is 1. The first kappa shape index (κ1) is 20.3. The minimum absolute atomic E-state index is 0.00606. The Hall–Kier alpha value is -1.93.